The van der Waals surface area contributed by atoms with Crippen LogP contribution in [0.1, 0.15) is 23.7 Å². The highest BCUT2D eigenvalue weighted by Crippen LogP contribution is 2.39. The Kier molecular flexibility index (Phi) is 3.95. The number of aliphatic hydroxyl groups is 2. The topological polar surface area (TPSA) is 49.7 Å². The van der Waals surface area contributed by atoms with E-state index in [-0.39, 0.29) is 12.7 Å². The summed E-state index contributed by atoms with van der Waals surface area (Å²) >= 11 is 12.1. The number of ether oxygens (including phenoxy) is 1. The number of hydrogen-bond donors (Lipinski definition) is 2. The lowest BCUT2D eigenvalue weighted by atomic mass is 10.0. The fraction of sp³-hybridized carbons (Fsp3) is 0.500. The van der Waals surface area contributed by atoms with Crippen molar-refractivity contribution in [2.24, 2.45) is 0 Å². The molecule has 0 amide bonds. The molecule has 1 aliphatic rings. The zero-order chi connectivity index (χ0) is 12.6. The van der Waals surface area contributed by atoms with E-state index >= 15 is 0 Å². The van der Waals surface area contributed by atoms with Crippen molar-refractivity contribution < 1.29 is 14.9 Å². The molecule has 1 heterocycles. The Balaban J connectivity index is 2.30. The van der Waals surface area contributed by atoms with E-state index in [2.05, 4.69) is 0 Å². The molecule has 0 radical (unpaired) electrons. The predicted octanol–water partition coefficient (Wildman–Crippen LogP) is 2.49. The number of aryl methyl sites for hydroxylation is 1. The van der Waals surface area contributed by atoms with Crippen LogP contribution in [0.15, 0.2) is 12.1 Å². The Bertz CT molecular complexity index is 422. The van der Waals surface area contributed by atoms with Gasteiger partial charge in [-0.25, -0.2) is 0 Å². The molecule has 0 bridgehead atoms. The summed E-state index contributed by atoms with van der Waals surface area (Å²) in [7, 11) is 0. The van der Waals surface area contributed by atoms with E-state index in [1.54, 1.807) is 6.07 Å². The third-order valence-electron chi connectivity index (χ3n) is 2.95. The minimum absolute atomic E-state index is 0.200. The van der Waals surface area contributed by atoms with Crippen molar-refractivity contribution >= 4 is 23.2 Å². The normalized spacial score (nSPS) is 28.6. The summed E-state index contributed by atoms with van der Waals surface area (Å²) in [6.45, 7) is 1.72. The number of aliphatic hydroxyl groups excluding tert-OH is 2. The summed E-state index contributed by atoms with van der Waals surface area (Å²) in [5.74, 6) is 0. The van der Waals surface area contributed by atoms with Gasteiger partial charge in [-0.3, -0.25) is 0 Å². The van der Waals surface area contributed by atoms with Crippen molar-refractivity contribution in [1.29, 1.82) is 0 Å². The summed E-state index contributed by atoms with van der Waals surface area (Å²) in [4.78, 5) is 0. The van der Waals surface area contributed by atoms with E-state index in [9.17, 15) is 5.11 Å². The standard InChI is InChI=1S/C12H14Cl2O3/c1-6-2-7(12(14)8(13)3-6)10-4-9(16)11(5-15)17-10/h2-3,9-11,15-16H,4-5H2,1H3/t9-,10-,11-/m1/s1. The van der Waals surface area contributed by atoms with E-state index < -0.39 is 12.2 Å². The molecule has 3 nitrogen and oxygen atoms in total. The Morgan fingerprint density at radius 3 is 2.71 bits per heavy atom. The van der Waals surface area contributed by atoms with Crippen molar-refractivity contribution in [3.05, 3.63) is 33.3 Å². The van der Waals surface area contributed by atoms with Crippen LogP contribution in [0, 0.1) is 6.92 Å². The van der Waals surface area contributed by atoms with Crippen molar-refractivity contribution in [3.8, 4) is 0 Å². The average molecular weight is 277 g/mol. The van der Waals surface area contributed by atoms with Gasteiger partial charge in [0.2, 0.25) is 0 Å². The molecule has 1 aromatic rings. The van der Waals surface area contributed by atoms with E-state index in [0.29, 0.717) is 16.5 Å². The lowest BCUT2D eigenvalue weighted by Gasteiger charge is -2.15. The summed E-state index contributed by atoms with van der Waals surface area (Å²) in [6, 6.07) is 3.67. The van der Waals surface area contributed by atoms with Gasteiger partial charge in [-0.15, -0.1) is 0 Å². The predicted molar refractivity (Wildman–Crippen MR) is 66.5 cm³/mol. The molecule has 0 aromatic heterocycles. The fourth-order valence-corrected chi connectivity index (χ4v) is 2.59. The second-order valence-electron chi connectivity index (χ2n) is 4.30. The molecule has 0 saturated carbocycles. The molecule has 2 rings (SSSR count). The molecule has 17 heavy (non-hydrogen) atoms. The summed E-state index contributed by atoms with van der Waals surface area (Å²) in [5, 5.41) is 19.7. The summed E-state index contributed by atoms with van der Waals surface area (Å²) < 4.78 is 5.56. The van der Waals surface area contributed by atoms with Crippen molar-refractivity contribution in [1.82, 2.24) is 0 Å². The van der Waals surface area contributed by atoms with Gasteiger partial charge in [-0.05, 0) is 18.6 Å². The second-order valence-corrected chi connectivity index (χ2v) is 5.08. The van der Waals surface area contributed by atoms with Gasteiger partial charge >= 0.3 is 0 Å². The lowest BCUT2D eigenvalue weighted by molar-refractivity contribution is -0.0225. The van der Waals surface area contributed by atoms with E-state index in [0.717, 1.165) is 11.1 Å². The Morgan fingerprint density at radius 2 is 2.12 bits per heavy atom. The van der Waals surface area contributed by atoms with E-state index in [4.69, 9.17) is 33.0 Å². The van der Waals surface area contributed by atoms with Crippen molar-refractivity contribution in [3.63, 3.8) is 0 Å². The van der Waals surface area contributed by atoms with Crippen LogP contribution in [0.5, 0.6) is 0 Å². The van der Waals surface area contributed by atoms with Crippen LogP contribution in [0.3, 0.4) is 0 Å². The molecule has 0 aliphatic carbocycles. The molecule has 1 fully saturated rings. The van der Waals surface area contributed by atoms with Crippen molar-refractivity contribution in [2.75, 3.05) is 6.61 Å². The quantitative estimate of drug-likeness (QED) is 0.873. The molecule has 3 atom stereocenters. The molecule has 0 unspecified atom stereocenters. The molecular weight excluding hydrogens is 263 g/mol. The van der Waals surface area contributed by atoms with Crippen LogP contribution >= 0.6 is 23.2 Å². The Morgan fingerprint density at radius 1 is 1.41 bits per heavy atom. The van der Waals surface area contributed by atoms with Gasteiger partial charge in [-0.2, -0.15) is 0 Å². The number of benzene rings is 1. The second kappa shape index (κ2) is 5.12. The zero-order valence-corrected chi connectivity index (χ0v) is 10.9. The van der Waals surface area contributed by atoms with E-state index in [1.807, 2.05) is 13.0 Å². The van der Waals surface area contributed by atoms with Crippen LogP contribution in [-0.2, 0) is 4.74 Å². The summed E-state index contributed by atoms with van der Waals surface area (Å²) in [5.41, 5.74) is 1.76. The first-order valence-electron chi connectivity index (χ1n) is 5.43. The van der Waals surface area contributed by atoms with Crippen molar-refractivity contribution in [2.45, 2.75) is 31.7 Å². The number of rotatable bonds is 2. The highest BCUT2D eigenvalue weighted by atomic mass is 35.5. The lowest BCUT2D eigenvalue weighted by Crippen LogP contribution is -2.24. The minimum atomic E-state index is -0.666. The average Bonchev–Trinajstić information content (AvgIpc) is 2.64. The fourth-order valence-electron chi connectivity index (χ4n) is 2.08. The third-order valence-corrected chi connectivity index (χ3v) is 3.77. The molecule has 2 N–H and O–H groups in total. The summed E-state index contributed by atoms with van der Waals surface area (Å²) in [6.07, 6.45) is -1.10. The van der Waals surface area contributed by atoms with Gasteiger partial charge in [0.1, 0.15) is 6.10 Å². The van der Waals surface area contributed by atoms with Gasteiger partial charge in [-0.1, -0.05) is 29.3 Å². The zero-order valence-electron chi connectivity index (χ0n) is 9.36. The third kappa shape index (κ3) is 2.59. The first-order valence-corrected chi connectivity index (χ1v) is 6.18. The van der Waals surface area contributed by atoms with Crippen LogP contribution < -0.4 is 0 Å². The van der Waals surface area contributed by atoms with Crippen LogP contribution in [0.25, 0.3) is 0 Å². The Labute approximate surface area is 110 Å². The van der Waals surface area contributed by atoms with Gasteiger partial charge in [0.25, 0.3) is 0 Å². The minimum Gasteiger partial charge on any atom is -0.394 e. The maximum atomic E-state index is 9.69. The SMILES string of the molecule is Cc1cc(Cl)c(Cl)c([C@H]2C[C@@H](O)[C@@H](CO)O2)c1. The highest BCUT2D eigenvalue weighted by Gasteiger charge is 2.35. The first-order chi connectivity index (χ1) is 8.02. The molecule has 1 saturated heterocycles. The molecule has 1 aliphatic heterocycles. The van der Waals surface area contributed by atoms with Crippen LogP contribution in [0.2, 0.25) is 10.0 Å². The molecule has 1 aromatic carbocycles. The Hall–Kier alpha value is -0.320. The molecule has 94 valence electrons. The van der Waals surface area contributed by atoms with Gasteiger partial charge in [0, 0.05) is 12.0 Å². The molecular formula is C12H14Cl2O3. The maximum Gasteiger partial charge on any atom is 0.107 e. The number of halogens is 2. The van der Waals surface area contributed by atoms with Crippen LogP contribution in [-0.4, -0.2) is 29.0 Å². The molecule has 5 heteroatoms. The van der Waals surface area contributed by atoms with E-state index in [1.165, 1.54) is 0 Å². The largest absolute Gasteiger partial charge is 0.394 e. The van der Waals surface area contributed by atoms with Crippen LogP contribution in [0.4, 0.5) is 0 Å². The number of hydrogen-bond acceptors (Lipinski definition) is 3. The smallest absolute Gasteiger partial charge is 0.107 e. The first kappa shape index (κ1) is 13.1. The van der Waals surface area contributed by atoms with Gasteiger partial charge in [0.05, 0.1) is 28.9 Å². The highest BCUT2D eigenvalue weighted by molar-refractivity contribution is 6.42. The monoisotopic (exact) mass is 276 g/mol. The van der Waals surface area contributed by atoms with Gasteiger partial charge < -0.3 is 14.9 Å². The molecule has 0 spiro atoms. The maximum absolute atomic E-state index is 9.69. The van der Waals surface area contributed by atoms with Gasteiger partial charge in [0.15, 0.2) is 0 Å².